The van der Waals surface area contributed by atoms with E-state index in [0.29, 0.717) is 6.04 Å². The van der Waals surface area contributed by atoms with Crippen molar-refractivity contribution in [3.05, 3.63) is 65.5 Å². The van der Waals surface area contributed by atoms with E-state index in [-0.39, 0.29) is 0 Å². The Hall–Kier alpha value is -2.13. The molecule has 1 aromatic heterocycles. The maximum absolute atomic E-state index is 4.29. The van der Waals surface area contributed by atoms with E-state index in [4.69, 9.17) is 0 Å². The largest absolute Gasteiger partial charge is 0.306 e. The lowest BCUT2D eigenvalue weighted by Gasteiger charge is -2.16. The average Bonchev–Trinajstić information content (AvgIpc) is 2.84. The predicted molar refractivity (Wildman–Crippen MR) is 87.1 cm³/mol. The molecule has 1 atom stereocenters. The topological polar surface area (TPSA) is 29.9 Å². The van der Waals surface area contributed by atoms with Gasteiger partial charge in [0.25, 0.3) is 0 Å². The lowest BCUT2D eigenvalue weighted by molar-refractivity contribution is 0.576. The monoisotopic (exact) mass is 279 g/mol. The third-order valence-electron chi connectivity index (χ3n) is 4.23. The zero-order valence-corrected chi connectivity index (χ0v) is 12.8. The molecule has 2 aromatic carbocycles. The molecule has 21 heavy (non-hydrogen) atoms. The summed E-state index contributed by atoms with van der Waals surface area (Å²) < 4.78 is 1.92. The van der Waals surface area contributed by atoms with Crippen LogP contribution < -0.4 is 5.32 Å². The van der Waals surface area contributed by atoms with Gasteiger partial charge >= 0.3 is 0 Å². The molecule has 108 valence electrons. The molecule has 0 amide bonds. The molecule has 3 nitrogen and oxygen atoms in total. The maximum atomic E-state index is 4.29. The number of rotatable bonds is 4. The van der Waals surface area contributed by atoms with E-state index in [1.165, 1.54) is 27.6 Å². The molecule has 1 heterocycles. The van der Waals surface area contributed by atoms with Crippen LogP contribution in [0.4, 0.5) is 0 Å². The molecule has 0 aliphatic heterocycles. The average molecular weight is 279 g/mol. The Morgan fingerprint density at radius 1 is 1.14 bits per heavy atom. The minimum atomic E-state index is 0.302. The van der Waals surface area contributed by atoms with Crippen LogP contribution in [0.1, 0.15) is 29.8 Å². The summed E-state index contributed by atoms with van der Waals surface area (Å²) in [7, 11) is 1.98. The third-order valence-corrected chi connectivity index (χ3v) is 4.23. The first-order valence-electron chi connectivity index (χ1n) is 7.35. The molecule has 3 aromatic rings. The van der Waals surface area contributed by atoms with Crippen molar-refractivity contribution in [1.82, 2.24) is 15.1 Å². The molecule has 0 saturated heterocycles. The quantitative estimate of drug-likeness (QED) is 0.788. The highest BCUT2D eigenvalue weighted by molar-refractivity contribution is 5.86. The molecular formula is C18H21N3. The number of fused-ring (bicyclic) bond motifs is 1. The molecule has 3 heteroatoms. The summed E-state index contributed by atoms with van der Waals surface area (Å²) >= 11 is 0. The highest BCUT2D eigenvalue weighted by atomic mass is 15.3. The second-order valence-electron chi connectivity index (χ2n) is 5.55. The van der Waals surface area contributed by atoms with Crippen LogP contribution in [-0.2, 0) is 13.6 Å². The second kappa shape index (κ2) is 5.70. The molecule has 0 aliphatic carbocycles. The molecule has 0 radical (unpaired) electrons. The standard InChI is InChI=1S/C18H21N3/c1-13(19-11-16-12-20-21(3)14(16)2)17-10-6-8-15-7-4-5-9-18(15)17/h4-10,12-13,19H,11H2,1-3H3. The molecule has 0 fully saturated rings. The van der Waals surface area contributed by atoms with Gasteiger partial charge in [0, 0.05) is 30.9 Å². The van der Waals surface area contributed by atoms with Gasteiger partial charge in [0.15, 0.2) is 0 Å². The van der Waals surface area contributed by atoms with Crippen LogP contribution in [0.3, 0.4) is 0 Å². The van der Waals surface area contributed by atoms with Crippen molar-refractivity contribution in [2.24, 2.45) is 7.05 Å². The Morgan fingerprint density at radius 3 is 2.67 bits per heavy atom. The number of hydrogen-bond donors (Lipinski definition) is 1. The van der Waals surface area contributed by atoms with Gasteiger partial charge in [-0.1, -0.05) is 42.5 Å². The van der Waals surface area contributed by atoms with Crippen LogP contribution in [0.25, 0.3) is 10.8 Å². The number of aryl methyl sites for hydroxylation is 1. The fourth-order valence-electron chi connectivity index (χ4n) is 2.72. The summed E-state index contributed by atoms with van der Waals surface area (Å²) in [5.74, 6) is 0. The van der Waals surface area contributed by atoms with Crippen molar-refractivity contribution < 1.29 is 0 Å². The third kappa shape index (κ3) is 2.69. The summed E-state index contributed by atoms with van der Waals surface area (Å²) in [5, 5.41) is 10.5. The molecule has 1 N–H and O–H groups in total. The Bertz CT molecular complexity index is 753. The Morgan fingerprint density at radius 2 is 1.90 bits per heavy atom. The lowest BCUT2D eigenvalue weighted by Crippen LogP contribution is -2.18. The first-order valence-corrected chi connectivity index (χ1v) is 7.35. The van der Waals surface area contributed by atoms with E-state index < -0.39 is 0 Å². The van der Waals surface area contributed by atoms with Gasteiger partial charge < -0.3 is 5.32 Å². The molecule has 0 spiro atoms. The highest BCUT2D eigenvalue weighted by Crippen LogP contribution is 2.24. The van der Waals surface area contributed by atoms with Crippen LogP contribution in [0.2, 0.25) is 0 Å². The highest BCUT2D eigenvalue weighted by Gasteiger charge is 2.10. The summed E-state index contributed by atoms with van der Waals surface area (Å²) in [6.07, 6.45) is 1.94. The summed E-state index contributed by atoms with van der Waals surface area (Å²) in [4.78, 5) is 0. The van der Waals surface area contributed by atoms with Crippen LogP contribution in [0.5, 0.6) is 0 Å². The molecule has 1 unspecified atom stereocenters. The van der Waals surface area contributed by atoms with Crippen LogP contribution in [0.15, 0.2) is 48.7 Å². The van der Waals surface area contributed by atoms with Crippen molar-refractivity contribution in [1.29, 1.82) is 0 Å². The number of nitrogens with one attached hydrogen (secondary N) is 1. The molecule has 0 bridgehead atoms. The van der Waals surface area contributed by atoms with Gasteiger partial charge in [0.05, 0.1) is 6.20 Å². The van der Waals surface area contributed by atoms with E-state index >= 15 is 0 Å². The van der Waals surface area contributed by atoms with Crippen LogP contribution in [0, 0.1) is 6.92 Å². The van der Waals surface area contributed by atoms with Gasteiger partial charge in [-0.2, -0.15) is 5.10 Å². The van der Waals surface area contributed by atoms with E-state index in [9.17, 15) is 0 Å². The van der Waals surface area contributed by atoms with Gasteiger partial charge in [-0.3, -0.25) is 4.68 Å². The minimum absolute atomic E-state index is 0.302. The Labute approximate surface area is 125 Å². The van der Waals surface area contributed by atoms with E-state index in [2.05, 4.69) is 66.7 Å². The first-order chi connectivity index (χ1) is 10.2. The van der Waals surface area contributed by atoms with Gasteiger partial charge in [-0.15, -0.1) is 0 Å². The Balaban J connectivity index is 1.81. The van der Waals surface area contributed by atoms with E-state index in [1.54, 1.807) is 0 Å². The molecular weight excluding hydrogens is 258 g/mol. The van der Waals surface area contributed by atoms with Crippen molar-refractivity contribution in [2.45, 2.75) is 26.4 Å². The number of aromatic nitrogens is 2. The van der Waals surface area contributed by atoms with Crippen molar-refractivity contribution >= 4 is 10.8 Å². The SMILES string of the molecule is Cc1c(CNC(C)c2cccc3ccccc23)cnn1C. The first kappa shape index (κ1) is 13.8. The fourth-order valence-corrected chi connectivity index (χ4v) is 2.72. The second-order valence-corrected chi connectivity index (χ2v) is 5.55. The van der Waals surface area contributed by atoms with Gasteiger partial charge in [0.2, 0.25) is 0 Å². The summed E-state index contributed by atoms with van der Waals surface area (Å²) in [5.41, 5.74) is 3.81. The van der Waals surface area contributed by atoms with Crippen molar-refractivity contribution in [2.75, 3.05) is 0 Å². The van der Waals surface area contributed by atoms with E-state index in [0.717, 1.165) is 6.54 Å². The normalized spacial score (nSPS) is 12.7. The zero-order valence-electron chi connectivity index (χ0n) is 12.8. The summed E-state index contributed by atoms with van der Waals surface area (Å²) in [6, 6.07) is 15.3. The Kier molecular flexibility index (Phi) is 3.76. The molecule has 0 aliphatic rings. The minimum Gasteiger partial charge on any atom is -0.306 e. The maximum Gasteiger partial charge on any atom is 0.0537 e. The molecule has 0 saturated carbocycles. The lowest BCUT2D eigenvalue weighted by atomic mass is 9.99. The van der Waals surface area contributed by atoms with Crippen molar-refractivity contribution in [3.63, 3.8) is 0 Å². The molecule has 3 rings (SSSR count). The number of benzene rings is 2. The van der Waals surface area contributed by atoms with Crippen LogP contribution >= 0.6 is 0 Å². The van der Waals surface area contributed by atoms with E-state index in [1.807, 2.05) is 17.9 Å². The summed E-state index contributed by atoms with van der Waals surface area (Å²) in [6.45, 7) is 5.16. The van der Waals surface area contributed by atoms with Gasteiger partial charge in [-0.05, 0) is 30.2 Å². The van der Waals surface area contributed by atoms with Crippen LogP contribution in [-0.4, -0.2) is 9.78 Å². The number of hydrogen-bond acceptors (Lipinski definition) is 2. The predicted octanol–water partition coefficient (Wildman–Crippen LogP) is 3.73. The fraction of sp³-hybridized carbons (Fsp3) is 0.278. The van der Waals surface area contributed by atoms with Gasteiger partial charge in [-0.25, -0.2) is 0 Å². The smallest absolute Gasteiger partial charge is 0.0537 e. The van der Waals surface area contributed by atoms with Crippen molar-refractivity contribution in [3.8, 4) is 0 Å². The number of nitrogens with zero attached hydrogens (tertiary/aromatic N) is 2. The zero-order chi connectivity index (χ0) is 14.8. The van der Waals surface area contributed by atoms with Gasteiger partial charge in [0.1, 0.15) is 0 Å².